The number of pyridine rings is 1. The third kappa shape index (κ3) is 3.98. The van der Waals surface area contributed by atoms with E-state index >= 15 is 0 Å². The Balaban J connectivity index is 2.03. The number of rotatable bonds is 5. The van der Waals surface area contributed by atoms with Gasteiger partial charge in [0.15, 0.2) is 0 Å². The van der Waals surface area contributed by atoms with Gasteiger partial charge in [-0.2, -0.15) is 0 Å². The van der Waals surface area contributed by atoms with E-state index in [-0.39, 0.29) is 11.2 Å². The topological polar surface area (TPSA) is 42.4 Å². The van der Waals surface area contributed by atoms with Gasteiger partial charge in [-0.05, 0) is 25.1 Å². The molecule has 2 aromatic rings. The molecule has 1 heterocycles. The number of carbonyl (C=O) groups excluding carboxylic acids is 1. The number of ether oxygens (including phenoxy) is 1. The molecular weight excluding hydrogens is 284 g/mol. The summed E-state index contributed by atoms with van der Waals surface area (Å²) in [5.41, 5.74) is 0.751. The maximum Gasteiger partial charge on any atom is 0.239 e. The Morgan fingerprint density at radius 3 is 2.52 bits per heavy atom. The van der Waals surface area contributed by atoms with Crippen LogP contribution in [0.5, 0.6) is 5.88 Å². The standard InChI is InChI=1S/C16H18N2O2S/c1-12(21-14-7-5-4-6-8-14)16(19)18(2)13-9-10-15(20-3)17-11-13/h4-12H,1-3H3. The Bertz CT molecular complexity index is 587. The molecule has 0 radical (unpaired) electrons. The van der Waals surface area contributed by atoms with E-state index in [1.165, 1.54) is 0 Å². The average Bonchev–Trinajstić information content (AvgIpc) is 2.54. The van der Waals surface area contributed by atoms with Crippen molar-refractivity contribution in [1.82, 2.24) is 4.98 Å². The molecule has 110 valence electrons. The fraction of sp³-hybridized carbons (Fsp3) is 0.250. The van der Waals surface area contributed by atoms with Crippen LogP contribution in [-0.2, 0) is 4.79 Å². The summed E-state index contributed by atoms with van der Waals surface area (Å²) in [6.45, 7) is 1.91. The van der Waals surface area contributed by atoms with E-state index in [0.29, 0.717) is 5.88 Å². The number of methoxy groups -OCH3 is 1. The summed E-state index contributed by atoms with van der Waals surface area (Å²) in [4.78, 5) is 19.3. The molecule has 0 bridgehead atoms. The summed E-state index contributed by atoms with van der Waals surface area (Å²) >= 11 is 1.55. The minimum absolute atomic E-state index is 0.0378. The second-order valence-corrected chi connectivity index (χ2v) is 5.94. The molecule has 5 heteroatoms. The number of carbonyl (C=O) groups is 1. The number of hydrogen-bond donors (Lipinski definition) is 0. The number of amides is 1. The van der Waals surface area contributed by atoms with Crippen LogP contribution in [0.25, 0.3) is 0 Å². The molecule has 21 heavy (non-hydrogen) atoms. The van der Waals surface area contributed by atoms with Crippen molar-refractivity contribution in [2.45, 2.75) is 17.1 Å². The van der Waals surface area contributed by atoms with Gasteiger partial charge in [-0.25, -0.2) is 4.98 Å². The van der Waals surface area contributed by atoms with E-state index in [0.717, 1.165) is 10.6 Å². The molecule has 0 saturated carbocycles. The van der Waals surface area contributed by atoms with Crippen molar-refractivity contribution in [2.75, 3.05) is 19.1 Å². The van der Waals surface area contributed by atoms with Crippen molar-refractivity contribution in [3.05, 3.63) is 48.7 Å². The third-order valence-electron chi connectivity index (χ3n) is 3.05. The normalized spacial score (nSPS) is 11.8. The summed E-state index contributed by atoms with van der Waals surface area (Å²) in [6, 6.07) is 13.5. The van der Waals surface area contributed by atoms with Gasteiger partial charge in [0.05, 0.1) is 24.2 Å². The molecule has 0 saturated heterocycles. The summed E-state index contributed by atoms with van der Waals surface area (Å²) in [6.07, 6.45) is 1.64. The molecule has 1 amide bonds. The molecule has 0 aliphatic rings. The predicted molar refractivity (Wildman–Crippen MR) is 86.0 cm³/mol. The van der Waals surface area contributed by atoms with Crippen LogP contribution < -0.4 is 9.64 Å². The largest absolute Gasteiger partial charge is 0.481 e. The van der Waals surface area contributed by atoms with Gasteiger partial charge in [0, 0.05) is 18.0 Å². The SMILES string of the molecule is COc1ccc(N(C)C(=O)C(C)Sc2ccccc2)cn1. The number of nitrogens with zero attached hydrogens (tertiary/aromatic N) is 2. The lowest BCUT2D eigenvalue weighted by molar-refractivity contribution is -0.117. The molecular formula is C16H18N2O2S. The molecule has 0 aliphatic carbocycles. The fourth-order valence-corrected chi connectivity index (χ4v) is 2.83. The molecule has 0 spiro atoms. The highest BCUT2D eigenvalue weighted by Crippen LogP contribution is 2.25. The molecule has 0 fully saturated rings. The second kappa shape index (κ2) is 7.13. The van der Waals surface area contributed by atoms with Crippen molar-refractivity contribution in [3.63, 3.8) is 0 Å². The van der Waals surface area contributed by atoms with Gasteiger partial charge in [0.2, 0.25) is 11.8 Å². The molecule has 2 rings (SSSR count). The second-order valence-electron chi connectivity index (χ2n) is 4.53. The van der Waals surface area contributed by atoms with Gasteiger partial charge in [-0.1, -0.05) is 18.2 Å². The van der Waals surface area contributed by atoms with E-state index in [4.69, 9.17) is 4.74 Å². The molecule has 1 aromatic carbocycles. The highest BCUT2D eigenvalue weighted by molar-refractivity contribution is 8.00. The molecule has 4 nitrogen and oxygen atoms in total. The van der Waals surface area contributed by atoms with E-state index < -0.39 is 0 Å². The van der Waals surface area contributed by atoms with Crippen molar-refractivity contribution in [2.24, 2.45) is 0 Å². The van der Waals surface area contributed by atoms with Crippen LogP contribution in [0.15, 0.2) is 53.6 Å². The van der Waals surface area contributed by atoms with Crippen LogP contribution in [0.2, 0.25) is 0 Å². The first-order chi connectivity index (χ1) is 10.1. The molecule has 0 aliphatic heterocycles. The monoisotopic (exact) mass is 302 g/mol. The van der Waals surface area contributed by atoms with Crippen LogP contribution in [0.3, 0.4) is 0 Å². The maximum atomic E-state index is 12.4. The molecule has 1 aromatic heterocycles. The molecule has 1 atom stereocenters. The number of anilines is 1. The van der Waals surface area contributed by atoms with Gasteiger partial charge in [0.1, 0.15) is 0 Å². The highest BCUT2D eigenvalue weighted by atomic mass is 32.2. The first-order valence-electron chi connectivity index (χ1n) is 6.61. The summed E-state index contributed by atoms with van der Waals surface area (Å²) in [7, 11) is 3.32. The van der Waals surface area contributed by atoms with E-state index in [1.54, 1.807) is 43.1 Å². The fourth-order valence-electron chi connectivity index (χ4n) is 1.85. The maximum absolute atomic E-state index is 12.4. The zero-order valence-corrected chi connectivity index (χ0v) is 13.1. The highest BCUT2D eigenvalue weighted by Gasteiger charge is 2.20. The zero-order valence-electron chi connectivity index (χ0n) is 12.3. The lowest BCUT2D eigenvalue weighted by Crippen LogP contribution is -2.33. The number of aromatic nitrogens is 1. The summed E-state index contributed by atoms with van der Waals surface area (Å²) in [5, 5.41) is -0.167. The Hall–Kier alpha value is -2.01. The predicted octanol–water partition coefficient (Wildman–Crippen LogP) is 3.23. The average molecular weight is 302 g/mol. The van der Waals surface area contributed by atoms with Gasteiger partial charge < -0.3 is 9.64 Å². The minimum Gasteiger partial charge on any atom is -0.481 e. The first kappa shape index (κ1) is 15.4. The Kier molecular flexibility index (Phi) is 5.22. The minimum atomic E-state index is -0.167. The van der Waals surface area contributed by atoms with Gasteiger partial charge >= 0.3 is 0 Å². The van der Waals surface area contributed by atoms with Crippen LogP contribution in [0, 0.1) is 0 Å². The van der Waals surface area contributed by atoms with Gasteiger partial charge in [0.25, 0.3) is 0 Å². The Morgan fingerprint density at radius 2 is 1.95 bits per heavy atom. The Labute approximate surface area is 129 Å². The smallest absolute Gasteiger partial charge is 0.239 e. The van der Waals surface area contributed by atoms with Crippen LogP contribution in [0.1, 0.15) is 6.92 Å². The number of hydrogen-bond acceptors (Lipinski definition) is 4. The zero-order chi connectivity index (χ0) is 15.2. The van der Waals surface area contributed by atoms with Crippen LogP contribution in [-0.4, -0.2) is 30.3 Å². The Morgan fingerprint density at radius 1 is 1.24 bits per heavy atom. The van der Waals surface area contributed by atoms with E-state index in [2.05, 4.69) is 4.98 Å². The van der Waals surface area contributed by atoms with Crippen molar-refractivity contribution in [3.8, 4) is 5.88 Å². The third-order valence-corrected chi connectivity index (χ3v) is 4.15. The van der Waals surface area contributed by atoms with Gasteiger partial charge in [-0.15, -0.1) is 11.8 Å². The number of benzene rings is 1. The van der Waals surface area contributed by atoms with E-state index in [9.17, 15) is 4.79 Å². The summed E-state index contributed by atoms with van der Waals surface area (Å²) < 4.78 is 5.02. The molecule has 1 unspecified atom stereocenters. The van der Waals surface area contributed by atoms with E-state index in [1.807, 2.05) is 43.3 Å². The van der Waals surface area contributed by atoms with Gasteiger partial charge in [-0.3, -0.25) is 4.79 Å². The lowest BCUT2D eigenvalue weighted by atomic mass is 10.3. The first-order valence-corrected chi connectivity index (χ1v) is 7.49. The van der Waals surface area contributed by atoms with Crippen LogP contribution >= 0.6 is 11.8 Å². The summed E-state index contributed by atoms with van der Waals surface area (Å²) in [5.74, 6) is 0.571. The quantitative estimate of drug-likeness (QED) is 0.795. The van der Waals surface area contributed by atoms with Crippen molar-refractivity contribution in [1.29, 1.82) is 0 Å². The van der Waals surface area contributed by atoms with Crippen molar-refractivity contribution < 1.29 is 9.53 Å². The van der Waals surface area contributed by atoms with Crippen LogP contribution in [0.4, 0.5) is 5.69 Å². The lowest BCUT2D eigenvalue weighted by Gasteiger charge is -2.21. The molecule has 0 N–H and O–H groups in total. The van der Waals surface area contributed by atoms with Crippen molar-refractivity contribution >= 4 is 23.4 Å². The number of thioether (sulfide) groups is 1.